The van der Waals surface area contributed by atoms with Crippen LogP contribution in [0.15, 0.2) is 30.0 Å². The van der Waals surface area contributed by atoms with E-state index in [0.717, 1.165) is 32.4 Å². The van der Waals surface area contributed by atoms with Crippen molar-refractivity contribution in [3.8, 4) is 0 Å². The number of carbonyl (C=O) groups excluding carboxylic acids is 2. The van der Waals surface area contributed by atoms with Gasteiger partial charge < -0.3 is 9.88 Å². The first-order valence-electron chi connectivity index (χ1n) is 9.28. The van der Waals surface area contributed by atoms with Gasteiger partial charge in [0.1, 0.15) is 0 Å². The Kier molecular flexibility index (Phi) is 5.91. The van der Waals surface area contributed by atoms with Gasteiger partial charge in [-0.05, 0) is 51.2 Å². The predicted octanol–water partition coefficient (Wildman–Crippen LogP) is 2.58. The van der Waals surface area contributed by atoms with Gasteiger partial charge in [-0.25, -0.2) is 4.79 Å². The average Bonchev–Trinajstić information content (AvgIpc) is 3.08. The van der Waals surface area contributed by atoms with E-state index in [1.807, 2.05) is 6.07 Å². The topological polar surface area (TPSA) is 66.4 Å². The number of nitrogens with zero attached hydrogens (tertiary/aromatic N) is 2. The highest BCUT2D eigenvalue weighted by molar-refractivity contribution is 5.95. The Morgan fingerprint density at radius 1 is 1.28 bits per heavy atom. The zero-order chi connectivity index (χ0) is 17.6. The number of fused-ring (bicyclic) bond motifs is 1. The number of hydrogen-bond donors (Lipinski definition) is 2. The maximum atomic E-state index is 12.2. The molecule has 1 aliphatic carbocycles. The molecule has 1 unspecified atom stereocenters. The third-order valence-electron chi connectivity index (χ3n) is 5.18. The van der Waals surface area contributed by atoms with Crippen LogP contribution in [-0.4, -0.2) is 41.0 Å². The van der Waals surface area contributed by atoms with Crippen molar-refractivity contribution >= 4 is 11.9 Å². The van der Waals surface area contributed by atoms with Crippen molar-refractivity contribution in [2.75, 3.05) is 19.6 Å². The summed E-state index contributed by atoms with van der Waals surface area (Å²) in [7, 11) is 0. The maximum absolute atomic E-state index is 12.2. The standard InChI is InChI=1S/C19H28N4O2/c1-15-17-8-5-11-22(17)12-13-23(15)14-18(24)21-19(25)20-10-9-16-6-3-2-4-7-16/h5-6,8,11,15H,2-4,7,9-10,12-14H2,1H3,(H2,20,21,24,25). The predicted molar refractivity (Wildman–Crippen MR) is 97.1 cm³/mol. The van der Waals surface area contributed by atoms with Crippen molar-refractivity contribution in [2.24, 2.45) is 0 Å². The molecule has 0 saturated carbocycles. The molecule has 2 N–H and O–H groups in total. The average molecular weight is 344 g/mol. The molecule has 136 valence electrons. The van der Waals surface area contributed by atoms with Gasteiger partial charge in [0.15, 0.2) is 0 Å². The fraction of sp³-hybridized carbons (Fsp3) is 0.579. The summed E-state index contributed by atoms with van der Waals surface area (Å²) in [6.07, 6.45) is 10.0. The highest BCUT2D eigenvalue weighted by Gasteiger charge is 2.25. The van der Waals surface area contributed by atoms with Gasteiger partial charge >= 0.3 is 6.03 Å². The molecule has 0 aromatic carbocycles. The van der Waals surface area contributed by atoms with Crippen LogP contribution in [0, 0.1) is 0 Å². The number of carbonyl (C=O) groups is 2. The number of imide groups is 1. The van der Waals surface area contributed by atoms with Crippen molar-refractivity contribution in [1.29, 1.82) is 0 Å². The van der Waals surface area contributed by atoms with E-state index in [-0.39, 0.29) is 18.5 Å². The minimum Gasteiger partial charge on any atom is -0.349 e. The molecule has 6 heteroatoms. The second kappa shape index (κ2) is 8.34. The minimum atomic E-state index is -0.394. The number of allylic oxidation sites excluding steroid dienone is 1. The molecule has 0 bridgehead atoms. The van der Waals surface area contributed by atoms with Gasteiger partial charge in [0.2, 0.25) is 5.91 Å². The van der Waals surface area contributed by atoms with E-state index < -0.39 is 6.03 Å². The van der Waals surface area contributed by atoms with Crippen LogP contribution in [0.1, 0.15) is 50.8 Å². The van der Waals surface area contributed by atoms with Crippen LogP contribution in [0.3, 0.4) is 0 Å². The zero-order valence-electron chi connectivity index (χ0n) is 15.0. The number of rotatable bonds is 5. The summed E-state index contributed by atoms with van der Waals surface area (Å²) >= 11 is 0. The Hall–Kier alpha value is -2.08. The number of urea groups is 1. The van der Waals surface area contributed by atoms with Crippen molar-refractivity contribution in [3.63, 3.8) is 0 Å². The van der Waals surface area contributed by atoms with E-state index in [2.05, 4.69) is 45.4 Å². The van der Waals surface area contributed by atoms with Crippen LogP contribution < -0.4 is 10.6 Å². The van der Waals surface area contributed by atoms with Crippen molar-refractivity contribution in [1.82, 2.24) is 20.1 Å². The fourth-order valence-electron chi connectivity index (χ4n) is 3.71. The fourth-order valence-corrected chi connectivity index (χ4v) is 3.71. The lowest BCUT2D eigenvalue weighted by Gasteiger charge is -2.34. The van der Waals surface area contributed by atoms with Gasteiger partial charge in [-0.1, -0.05) is 11.6 Å². The molecule has 1 aromatic rings. The molecule has 0 spiro atoms. The molecule has 0 saturated heterocycles. The molecule has 3 rings (SSSR count). The molecule has 3 amide bonds. The Morgan fingerprint density at radius 3 is 2.96 bits per heavy atom. The lowest BCUT2D eigenvalue weighted by Crippen LogP contribution is -2.47. The molecular weight excluding hydrogens is 316 g/mol. The van der Waals surface area contributed by atoms with E-state index >= 15 is 0 Å². The molecule has 0 radical (unpaired) electrons. The molecule has 1 aromatic heterocycles. The Bertz CT molecular complexity index is 650. The zero-order valence-corrected chi connectivity index (χ0v) is 15.0. The van der Waals surface area contributed by atoms with Crippen molar-refractivity contribution < 1.29 is 9.59 Å². The van der Waals surface area contributed by atoms with Gasteiger partial charge in [-0.15, -0.1) is 0 Å². The van der Waals surface area contributed by atoms with E-state index in [9.17, 15) is 9.59 Å². The molecule has 0 fully saturated rings. The van der Waals surface area contributed by atoms with E-state index in [1.54, 1.807) is 0 Å². The first kappa shape index (κ1) is 17.7. The summed E-state index contributed by atoms with van der Waals surface area (Å²) in [5.74, 6) is -0.249. The Morgan fingerprint density at radius 2 is 2.16 bits per heavy atom. The SMILES string of the molecule is CC1c2cccn2CCN1CC(=O)NC(=O)NCCC1=CCCCC1. The van der Waals surface area contributed by atoms with Crippen LogP contribution >= 0.6 is 0 Å². The summed E-state index contributed by atoms with van der Waals surface area (Å²) in [5.41, 5.74) is 2.63. The van der Waals surface area contributed by atoms with E-state index in [1.165, 1.54) is 24.1 Å². The summed E-state index contributed by atoms with van der Waals surface area (Å²) < 4.78 is 2.21. The molecule has 1 aliphatic heterocycles. The van der Waals surface area contributed by atoms with Crippen LogP contribution in [0.5, 0.6) is 0 Å². The number of hydrogen-bond acceptors (Lipinski definition) is 3. The summed E-state index contributed by atoms with van der Waals surface area (Å²) in [6.45, 7) is 4.60. The summed E-state index contributed by atoms with van der Waals surface area (Å²) in [5, 5.41) is 5.23. The molecular formula is C19H28N4O2. The quantitative estimate of drug-likeness (QED) is 0.807. The first-order valence-corrected chi connectivity index (χ1v) is 9.28. The molecule has 1 atom stereocenters. The number of nitrogens with one attached hydrogen (secondary N) is 2. The molecule has 25 heavy (non-hydrogen) atoms. The largest absolute Gasteiger partial charge is 0.349 e. The van der Waals surface area contributed by atoms with Crippen LogP contribution in [0.2, 0.25) is 0 Å². The summed E-state index contributed by atoms with van der Waals surface area (Å²) in [4.78, 5) is 26.1. The van der Waals surface area contributed by atoms with E-state index in [0.29, 0.717) is 6.54 Å². The van der Waals surface area contributed by atoms with Crippen LogP contribution in [0.25, 0.3) is 0 Å². The van der Waals surface area contributed by atoms with Crippen LogP contribution in [0.4, 0.5) is 4.79 Å². The first-order chi connectivity index (χ1) is 12.1. The molecule has 6 nitrogen and oxygen atoms in total. The normalized spacial score (nSPS) is 20.5. The number of amides is 3. The monoisotopic (exact) mass is 344 g/mol. The van der Waals surface area contributed by atoms with Gasteiger partial charge in [0.05, 0.1) is 6.54 Å². The van der Waals surface area contributed by atoms with Crippen LogP contribution in [-0.2, 0) is 11.3 Å². The summed E-state index contributed by atoms with van der Waals surface area (Å²) in [6, 6.07) is 3.90. The lowest BCUT2D eigenvalue weighted by molar-refractivity contribution is -0.121. The van der Waals surface area contributed by atoms with Gasteiger partial charge in [-0.3, -0.25) is 15.0 Å². The third kappa shape index (κ3) is 4.72. The molecule has 2 heterocycles. The maximum Gasteiger partial charge on any atom is 0.321 e. The Labute approximate surface area is 149 Å². The van der Waals surface area contributed by atoms with Gasteiger partial charge in [0.25, 0.3) is 0 Å². The van der Waals surface area contributed by atoms with Crippen molar-refractivity contribution in [3.05, 3.63) is 35.7 Å². The Balaban J connectivity index is 1.38. The molecule has 2 aliphatic rings. The highest BCUT2D eigenvalue weighted by atomic mass is 16.2. The smallest absolute Gasteiger partial charge is 0.321 e. The number of aromatic nitrogens is 1. The third-order valence-corrected chi connectivity index (χ3v) is 5.18. The highest BCUT2D eigenvalue weighted by Crippen LogP contribution is 2.24. The van der Waals surface area contributed by atoms with Crippen molar-refractivity contribution in [2.45, 2.75) is 51.6 Å². The minimum absolute atomic E-state index is 0.177. The van der Waals surface area contributed by atoms with Gasteiger partial charge in [-0.2, -0.15) is 0 Å². The lowest BCUT2D eigenvalue weighted by atomic mass is 9.97. The van der Waals surface area contributed by atoms with E-state index in [4.69, 9.17) is 0 Å². The second-order valence-corrected chi connectivity index (χ2v) is 6.94. The second-order valence-electron chi connectivity index (χ2n) is 6.94. The van der Waals surface area contributed by atoms with Gasteiger partial charge in [0, 0.05) is 37.6 Å².